The lowest BCUT2D eigenvalue weighted by Gasteiger charge is -2.10. The molecule has 15 heavy (non-hydrogen) atoms. The first-order chi connectivity index (χ1) is 6.99. The molecule has 1 aromatic rings. The highest BCUT2D eigenvalue weighted by molar-refractivity contribution is 8.00. The number of halogens is 1. The van der Waals surface area contributed by atoms with E-state index in [9.17, 15) is 9.18 Å². The molecule has 1 unspecified atom stereocenters. The molecule has 0 aromatic heterocycles. The van der Waals surface area contributed by atoms with E-state index in [1.807, 2.05) is 13.8 Å². The zero-order chi connectivity index (χ0) is 11.4. The number of aliphatic carboxylic acids is 1. The lowest BCUT2D eigenvalue weighted by molar-refractivity contribution is -0.136. The van der Waals surface area contributed by atoms with E-state index in [2.05, 4.69) is 0 Å². The molecule has 0 amide bonds. The quantitative estimate of drug-likeness (QED) is 0.805. The molecule has 0 heterocycles. The van der Waals surface area contributed by atoms with Gasteiger partial charge in [-0.25, -0.2) is 4.39 Å². The van der Waals surface area contributed by atoms with Gasteiger partial charge in [0.05, 0.1) is 6.42 Å². The van der Waals surface area contributed by atoms with Crippen molar-refractivity contribution in [3.8, 4) is 0 Å². The first kappa shape index (κ1) is 12.0. The summed E-state index contributed by atoms with van der Waals surface area (Å²) in [6, 6.07) is 4.53. The van der Waals surface area contributed by atoms with Crippen molar-refractivity contribution in [3.63, 3.8) is 0 Å². The molecule has 0 radical (unpaired) electrons. The van der Waals surface area contributed by atoms with Gasteiger partial charge in [-0.1, -0.05) is 6.92 Å². The van der Waals surface area contributed by atoms with Gasteiger partial charge >= 0.3 is 5.97 Å². The van der Waals surface area contributed by atoms with Crippen LogP contribution in [0.25, 0.3) is 0 Å². The molecular formula is C11H13FO2S. The lowest BCUT2D eigenvalue weighted by Crippen LogP contribution is -2.05. The third-order valence-electron chi connectivity index (χ3n) is 1.93. The number of benzene rings is 1. The Balaban J connectivity index is 2.68. The standard InChI is InChI=1S/C11H13FO2S/c1-7-5-9(12)3-4-10(7)15-8(2)6-11(13)14/h3-5,8H,6H2,1-2H3,(H,13,14). The summed E-state index contributed by atoms with van der Waals surface area (Å²) in [6.45, 7) is 3.67. The maximum absolute atomic E-state index is 12.8. The first-order valence-electron chi connectivity index (χ1n) is 4.63. The summed E-state index contributed by atoms with van der Waals surface area (Å²) in [7, 11) is 0. The molecule has 0 aliphatic heterocycles. The van der Waals surface area contributed by atoms with Crippen molar-refractivity contribution < 1.29 is 14.3 Å². The minimum Gasteiger partial charge on any atom is -0.481 e. The van der Waals surface area contributed by atoms with E-state index in [4.69, 9.17) is 5.11 Å². The molecule has 1 atom stereocenters. The minimum atomic E-state index is -0.810. The van der Waals surface area contributed by atoms with Gasteiger partial charge in [-0.05, 0) is 30.7 Å². The van der Waals surface area contributed by atoms with Gasteiger partial charge in [0.25, 0.3) is 0 Å². The fourth-order valence-electron chi connectivity index (χ4n) is 1.25. The van der Waals surface area contributed by atoms with Crippen LogP contribution in [-0.2, 0) is 4.79 Å². The van der Waals surface area contributed by atoms with Crippen molar-refractivity contribution in [2.75, 3.05) is 0 Å². The number of carboxylic acids is 1. The summed E-state index contributed by atoms with van der Waals surface area (Å²) >= 11 is 1.46. The second-order valence-electron chi connectivity index (χ2n) is 3.44. The highest BCUT2D eigenvalue weighted by Gasteiger charge is 2.10. The number of thioether (sulfide) groups is 1. The number of hydrogen-bond donors (Lipinski definition) is 1. The second-order valence-corrected chi connectivity index (χ2v) is 4.92. The van der Waals surface area contributed by atoms with Crippen LogP contribution in [0.4, 0.5) is 4.39 Å². The van der Waals surface area contributed by atoms with Crippen LogP contribution in [0.15, 0.2) is 23.1 Å². The first-order valence-corrected chi connectivity index (χ1v) is 5.51. The summed E-state index contributed by atoms with van der Waals surface area (Å²) in [5.74, 6) is -1.07. The Morgan fingerprint density at radius 3 is 2.80 bits per heavy atom. The zero-order valence-corrected chi connectivity index (χ0v) is 9.47. The van der Waals surface area contributed by atoms with Gasteiger partial charge in [0.1, 0.15) is 5.82 Å². The van der Waals surface area contributed by atoms with E-state index in [0.717, 1.165) is 10.5 Å². The predicted molar refractivity (Wildman–Crippen MR) is 58.7 cm³/mol. The summed E-state index contributed by atoms with van der Waals surface area (Å²) < 4.78 is 12.8. The highest BCUT2D eigenvalue weighted by Crippen LogP contribution is 2.28. The largest absolute Gasteiger partial charge is 0.481 e. The molecule has 0 aliphatic carbocycles. The Kier molecular flexibility index (Phi) is 4.15. The van der Waals surface area contributed by atoms with E-state index >= 15 is 0 Å². The maximum Gasteiger partial charge on any atom is 0.304 e. The van der Waals surface area contributed by atoms with Crippen LogP contribution < -0.4 is 0 Å². The predicted octanol–water partition coefficient (Wildman–Crippen LogP) is 3.09. The molecule has 0 saturated heterocycles. The third kappa shape index (κ3) is 3.91. The van der Waals surface area contributed by atoms with Crippen molar-refractivity contribution >= 4 is 17.7 Å². The Morgan fingerprint density at radius 2 is 2.27 bits per heavy atom. The van der Waals surface area contributed by atoms with E-state index in [1.165, 1.54) is 23.9 Å². The SMILES string of the molecule is Cc1cc(F)ccc1SC(C)CC(=O)O. The van der Waals surface area contributed by atoms with Gasteiger partial charge in [0.15, 0.2) is 0 Å². The Hall–Kier alpha value is -1.03. The zero-order valence-electron chi connectivity index (χ0n) is 8.66. The van der Waals surface area contributed by atoms with Crippen molar-refractivity contribution in [1.29, 1.82) is 0 Å². The molecule has 0 spiro atoms. The lowest BCUT2D eigenvalue weighted by atomic mass is 10.2. The molecule has 0 fully saturated rings. The van der Waals surface area contributed by atoms with Crippen LogP contribution in [0.2, 0.25) is 0 Å². The van der Waals surface area contributed by atoms with Gasteiger partial charge in [-0.15, -0.1) is 11.8 Å². The Labute approximate surface area is 92.5 Å². The summed E-state index contributed by atoms with van der Waals surface area (Å²) in [5, 5.41) is 8.59. The molecule has 2 nitrogen and oxygen atoms in total. The van der Waals surface area contributed by atoms with Gasteiger partial charge in [-0.2, -0.15) is 0 Å². The fraction of sp³-hybridized carbons (Fsp3) is 0.364. The third-order valence-corrected chi connectivity index (χ3v) is 3.21. The number of aryl methyl sites for hydroxylation is 1. The van der Waals surface area contributed by atoms with Crippen molar-refractivity contribution in [3.05, 3.63) is 29.6 Å². The second kappa shape index (κ2) is 5.16. The average Bonchev–Trinajstić information content (AvgIpc) is 2.08. The molecule has 4 heteroatoms. The van der Waals surface area contributed by atoms with Gasteiger partial charge in [0.2, 0.25) is 0 Å². The van der Waals surface area contributed by atoms with Crippen LogP contribution in [0, 0.1) is 12.7 Å². The molecule has 1 rings (SSSR count). The summed E-state index contributed by atoms with van der Waals surface area (Å²) in [6.07, 6.45) is 0.113. The van der Waals surface area contributed by atoms with E-state index < -0.39 is 5.97 Å². The van der Waals surface area contributed by atoms with Crippen LogP contribution in [0.1, 0.15) is 18.9 Å². The van der Waals surface area contributed by atoms with Crippen LogP contribution in [-0.4, -0.2) is 16.3 Å². The Bertz CT molecular complexity index is 366. The average molecular weight is 228 g/mol. The van der Waals surface area contributed by atoms with Crippen LogP contribution >= 0.6 is 11.8 Å². The van der Waals surface area contributed by atoms with E-state index in [1.54, 1.807) is 6.07 Å². The Morgan fingerprint density at radius 1 is 1.60 bits per heavy atom. The molecule has 0 saturated carbocycles. The van der Waals surface area contributed by atoms with Crippen molar-refractivity contribution in [2.45, 2.75) is 30.4 Å². The molecule has 0 bridgehead atoms. The smallest absolute Gasteiger partial charge is 0.304 e. The number of carboxylic acid groups (broad SMARTS) is 1. The van der Waals surface area contributed by atoms with Gasteiger partial charge in [0, 0.05) is 10.1 Å². The topological polar surface area (TPSA) is 37.3 Å². The number of hydrogen-bond acceptors (Lipinski definition) is 2. The van der Waals surface area contributed by atoms with E-state index in [-0.39, 0.29) is 17.5 Å². The molecule has 82 valence electrons. The van der Waals surface area contributed by atoms with Gasteiger partial charge < -0.3 is 5.11 Å². The number of carbonyl (C=O) groups is 1. The normalized spacial score (nSPS) is 12.5. The molecule has 0 aliphatic rings. The van der Waals surface area contributed by atoms with Crippen LogP contribution in [0.3, 0.4) is 0 Å². The number of rotatable bonds is 4. The van der Waals surface area contributed by atoms with Crippen LogP contribution in [0.5, 0.6) is 0 Å². The molecule has 1 N–H and O–H groups in total. The summed E-state index contributed by atoms with van der Waals surface area (Å²) in [5.41, 5.74) is 0.845. The van der Waals surface area contributed by atoms with Crippen molar-refractivity contribution in [2.24, 2.45) is 0 Å². The monoisotopic (exact) mass is 228 g/mol. The van der Waals surface area contributed by atoms with Crippen molar-refractivity contribution in [1.82, 2.24) is 0 Å². The fourth-order valence-corrected chi connectivity index (χ4v) is 2.30. The maximum atomic E-state index is 12.8. The van der Waals surface area contributed by atoms with Gasteiger partial charge in [-0.3, -0.25) is 4.79 Å². The minimum absolute atomic E-state index is 0.00772. The highest BCUT2D eigenvalue weighted by atomic mass is 32.2. The molecule has 1 aromatic carbocycles. The molecular weight excluding hydrogens is 215 g/mol. The summed E-state index contributed by atoms with van der Waals surface area (Å²) in [4.78, 5) is 11.4. The van der Waals surface area contributed by atoms with E-state index in [0.29, 0.717) is 0 Å².